The highest BCUT2D eigenvalue weighted by atomic mass is 14.6. The summed E-state index contributed by atoms with van der Waals surface area (Å²) in [6, 6.07) is 8.62. The Balaban J connectivity index is 3.48. The summed E-state index contributed by atoms with van der Waals surface area (Å²) in [6.45, 7) is 15.7. The van der Waals surface area contributed by atoms with Crippen molar-refractivity contribution in [3.63, 3.8) is 0 Å². The third-order valence-corrected chi connectivity index (χ3v) is 3.93. The molecule has 0 amide bonds. The lowest BCUT2D eigenvalue weighted by atomic mass is 9.82. The lowest BCUT2D eigenvalue weighted by Crippen LogP contribution is -2.10. The predicted octanol–water partition coefficient (Wildman–Crippen LogP) is 5.09. The number of rotatable bonds is 6. The third kappa shape index (κ3) is 4.47. The molecule has 0 radical (unpaired) electrons. The Hall–Kier alpha value is -2.53. The van der Waals surface area contributed by atoms with Gasteiger partial charge in [-0.25, -0.2) is 0 Å². The van der Waals surface area contributed by atoms with Gasteiger partial charge in [-0.15, -0.1) is 0 Å². The van der Waals surface area contributed by atoms with E-state index in [1.165, 1.54) is 11.1 Å². The van der Waals surface area contributed by atoms with E-state index in [2.05, 4.69) is 44.3 Å². The SMILES string of the molecule is C=C/C(=C(\C)N)C(/C(C#N)=C/C)c1ccc(CC(=C)C)c(C)c1. The van der Waals surface area contributed by atoms with E-state index in [-0.39, 0.29) is 5.92 Å². The summed E-state index contributed by atoms with van der Waals surface area (Å²) in [4.78, 5) is 0. The van der Waals surface area contributed by atoms with E-state index in [0.717, 1.165) is 23.1 Å². The predicted molar refractivity (Wildman–Crippen MR) is 98.9 cm³/mol. The quantitative estimate of drug-likeness (QED) is 0.452. The van der Waals surface area contributed by atoms with Crippen molar-refractivity contribution in [2.24, 2.45) is 5.73 Å². The lowest BCUT2D eigenvalue weighted by Gasteiger charge is -2.21. The van der Waals surface area contributed by atoms with Gasteiger partial charge >= 0.3 is 0 Å². The molecule has 23 heavy (non-hydrogen) atoms. The number of benzene rings is 1. The first kappa shape index (κ1) is 18.5. The monoisotopic (exact) mass is 306 g/mol. The van der Waals surface area contributed by atoms with Crippen LogP contribution in [-0.2, 0) is 6.42 Å². The number of nitrogens with two attached hydrogens (primary N) is 1. The van der Waals surface area contributed by atoms with Crippen LogP contribution in [0.4, 0.5) is 0 Å². The number of hydrogen-bond donors (Lipinski definition) is 1. The fraction of sp³-hybridized carbons (Fsp3) is 0.286. The maximum Gasteiger partial charge on any atom is 0.0953 e. The van der Waals surface area contributed by atoms with Gasteiger partial charge in [-0.2, -0.15) is 5.26 Å². The van der Waals surface area contributed by atoms with Gasteiger partial charge in [-0.1, -0.05) is 49.1 Å². The number of hydrogen-bond acceptors (Lipinski definition) is 2. The van der Waals surface area contributed by atoms with Gasteiger partial charge in [0.05, 0.1) is 6.07 Å². The molecule has 0 saturated heterocycles. The molecule has 0 saturated carbocycles. The second kappa shape index (κ2) is 8.19. The lowest BCUT2D eigenvalue weighted by molar-refractivity contribution is 0.943. The van der Waals surface area contributed by atoms with Crippen molar-refractivity contribution in [3.8, 4) is 6.07 Å². The second-order valence-corrected chi connectivity index (χ2v) is 5.95. The number of aryl methyl sites for hydroxylation is 1. The Morgan fingerprint density at radius 3 is 2.43 bits per heavy atom. The molecule has 0 aromatic heterocycles. The molecule has 0 aliphatic heterocycles. The van der Waals surface area contributed by atoms with E-state index in [9.17, 15) is 5.26 Å². The largest absolute Gasteiger partial charge is 0.402 e. The van der Waals surface area contributed by atoms with Gasteiger partial charge in [0, 0.05) is 17.2 Å². The molecule has 0 bridgehead atoms. The van der Waals surface area contributed by atoms with Crippen LogP contribution >= 0.6 is 0 Å². The molecule has 2 nitrogen and oxygen atoms in total. The first-order chi connectivity index (χ1) is 10.8. The van der Waals surface area contributed by atoms with Gasteiger partial charge in [0.2, 0.25) is 0 Å². The molecule has 0 aliphatic carbocycles. The second-order valence-electron chi connectivity index (χ2n) is 5.95. The summed E-state index contributed by atoms with van der Waals surface area (Å²) in [5, 5.41) is 9.50. The van der Waals surface area contributed by atoms with Crippen molar-refractivity contribution < 1.29 is 0 Å². The van der Waals surface area contributed by atoms with Crippen LogP contribution in [0.15, 0.2) is 65.9 Å². The summed E-state index contributed by atoms with van der Waals surface area (Å²) >= 11 is 0. The fourth-order valence-electron chi connectivity index (χ4n) is 2.75. The van der Waals surface area contributed by atoms with Crippen LogP contribution in [0.2, 0.25) is 0 Å². The highest BCUT2D eigenvalue weighted by Crippen LogP contribution is 2.34. The van der Waals surface area contributed by atoms with Gasteiger partial charge in [-0.05, 0) is 56.4 Å². The topological polar surface area (TPSA) is 49.8 Å². The van der Waals surface area contributed by atoms with E-state index in [0.29, 0.717) is 11.3 Å². The fourth-order valence-corrected chi connectivity index (χ4v) is 2.75. The molecule has 2 heteroatoms. The minimum atomic E-state index is -0.176. The zero-order valence-electron chi connectivity index (χ0n) is 14.6. The van der Waals surface area contributed by atoms with E-state index >= 15 is 0 Å². The standard InChI is InChI=1S/C21H26N2/c1-7-17(13-22)21(20(8-2)16(6)23)19-10-9-18(11-14(3)4)15(5)12-19/h7-10,12,21H,2-3,11,23H2,1,4-6H3/b17-7+,20-16-. The summed E-state index contributed by atoms with van der Waals surface area (Å²) < 4.78 is 0. The molecule has 0 fully saturated rings. The minimum Gasteiger partial charge on any atom is -0.402 e. The molecule has 0 spiro atoms. The summed E-state index contributed by atoms with van der Waals surface area (Å²) in [5.41, 5.74) is 12.9. The molecule has 1 atom stereocenters. The Labute approximate surface area is 140 Å². The van der Waals surface area contributed by atoms with Crippen molar-refractivity contribution in [2.45, 2.75) is 40.0 Å². The van der Waals surface area contributed by atoms with Crippen LogP contribution in [0.25, 0.3) is 0 Å². The molecule has 2 N–H and O–H groups in total. The van der Waals surface area contributed by atoms with Crippen LogP contribution in [-0.4, -0.2) is 0 Å². The maximum atomic E-state index is 9.50. The van der Waals surface area contributed by atoms with Gasteiger partial charge in [0.1, 0.15) is 0 Å². The average molecular weight is 306 g/mol. The minimum absolute atomic E-state index is 0.176. The van der Waals surface area contributed by atoms with Crippen LogP contribution in [0.5, 0.6) is 0 Å². The Morgan fingerprint density at radius 1 is 1.39 bits per heavy atom. The van der Waals surface area contributed by atoms with Crippen molar-refractivity contribution in [1.29, 1.82) is 5.26 Å². The van der Waals surface area contributed by atoms with Gasteiger partial charge in [0.25, 0.3) is 0 Å². The molecule has 0 aliphatic rings. The van der Waals surface area contributed by atoms with Crippen LogP contribution in [0, 0.1) is 18.3 Å². The van der Waals surface area contributed by atoms with Crippen LogP contribution < -0.4 is 5.73 Å². The van der Waals surface area contributed by atoms with Crippen LogP contribution in [0.1, 0.15) is 43.4 Å². The van der Waals surface area contributed by atoms with E-state index in [1.807, 2.05) is 26.8 Å². The summed E-state index contributed by atoms with van der Waals surface area (Å²) in [7, 11) is 0. The molecule has 1 rings (SSSR count). The third-order valence-electron chi connectivity index (χ3n) is 3.93. The molecular weight excluding hydrogens is 280 g/mol. The number of nitrogens with zero attached hydrogens (tertiary/aromatic N) is 1. The number of allylic oxidation sites excluding steroid dienone is 6. The van der Waals surface area contributed by atoms with E-state index in [1.54, 1.807) is 6.08 Å². The normalized spacial score (nSPS) is 13.8. The highest BCUT2D eigenvalue weighted by Gasteiger charge is 2.21. The average Bonchev–Trinajstić information content (AvgIpc) is 2.49. The molecule has 1 aromatic rings. The number of nitriles is 1. The molecule has 1 aromatic carbocycles. The summed E-state index contributed by atoms with van der Waals surface area (Å²) in [5.74, 6) is -0.176. The van der Waals surface area contributed by atoms with Crippen molar-refractivity contribution >= 4 is 0 Å². The zero-order chi connectivity index (χ0) is 17.6. The molecular formula is C21H26N2. The van der Waals surface area contributed by atoms with Gasteiger partial charge in [0.15, 0.2) is 0 Å². The van der Waals surface area contributed by atoms with Crippen molar-refractivity contribution in [2.75, 3.05) is 0 Å². The first-order valence-corrected chi connectivity index (χ1v) is 7.74. The van der Waals surface area contributed by atoms with Crippen molar-refractivity contribution in [1.82, 2.24) is 0 Å². The Kier molecular flexibility index (Phi) is 6.60. The first-order valence-electron chi connectivity index (χ1n) is 7.74. The molecule has 0 heterocycles. The molecule has 1 unspecified atom stereocenters. The highest BCUT2D eigenvalue weighted by molar-refractivity contribution is 5.50. The Morgan fingerprint density at radius 2 is 2.04 bits per heavy atom. The van der Waals surface area contributed by atoms with E-state index in [4.69, 9.17) is 5.73 Å². The summed E-state index contributed by atoms with van der Waals surface area (Å²) in [6.07, 6.45) is 4.46. The van der Waals surface area contributed by atoms with Gasteiger partial charge in [-0.3, -0.25) is 0 Å². The zero-order valence-corrected chi connectivity index (χ0v) is 14.6. The van der Waals surface area contributed by atoms with E-state index < -0.39 is 0 Å². The maximum absolute atomic E-state index is 9.50. The van der Waals surface area contributed by atoms with Crippen molar-refractivity contribution in [3.05, 3.63) is 82.6 Å². The smallest absolute Gasteiger partial charge is 0.0953 e. The van der Waals surface area contributed by atoms with Crippen LogP contribution in [0.3, 0.4) is 0 Å². The molecule has 120 valence electrons. The van der Waals surface area contributed by atoms with Gasteiger partial charge < -0.3 is 5.73 Å². The Bertz CT molecular complexity index is 708.